The number of hydrogen-bond acceptors (Lipinski definition) is 1. The molecule has 126 valence electrons. The molecule has 0 fully saturated rings. The predicted octanol–water partition coefficient (Wildman–Crippen LogP) is 5.73. The van der Waals surface area contributed by atoms with Crippen molar-refractivity contribution in [1.82, 2.24) is 4.57 Å². The molecule has 0 saturated heterocycles. The molecule has 2 aromatic carbocycles. The lowest BCUT2D eigenvalue weighted by atomic mass is 9.70. The summed E-state index contributed by atoms with van der Waals surface area (Å²) in [5, 5.41) is 1.31. The van der Waals surface area contributed by atoms with Gasteiger partial charge in [0, 0.05) is 29.7 Å². The number of ether oxygens (including phenoxy) is 1. The van der Waals surface area contributed by atoms with Gasteiger partial charge in [0.2, 0.25) is 0 Å². The molecule has 5 rings (SSSR count). The summed E-state index contributed by atoms with van der Waals surface area (Å²) < 4.78 is 8.74. The predicted molar refractivity (Wildman–Crippen MR) is 102 cm³/mol. The van der Waals surface area contributed by atoms with Gasteiger partial charge in [-0.15, -0.1) is 0 Å². The van der Waals surface area contributed by atoms with Gasteiger partial charge in [-0.2, -0.15) is 0 Å². The van der Waals surface area contributed by atoms with E-state index in [1.54, 1.807) is 0 Å². The number of rotatable bonds is 1. The second-order valence-corrected chi connectivity index (χ2v) is 8.36. The van der Waals surface area contributed by atoms with E-state index in [4.69, 9.17) is 4.74 Å². The molecule has 0 radical (unpaired) electrons. The first-order valence-corrected chi connectivity index (χ1v) is 8.97. The summed E-state index contributed by atoms with van der Waals surface area (Å²) in [6.07, 6.45) is 6.83. The van der Waals surface area contributed by atoms with Gasteiger partial charge in [-0.05, 0) is 40.3 Å². The Balaban J connectivity index is 1.79. The minimum atomic E-state index is -0.307. The van der Waals surface area contributed by atoms with Crippen molar-refractivity contribution >= 4 is 10.9 Å². The van der Waals surface area contributed by atoms with Crippen LogP contribution in [0.25, 0.3) is 22.0 Å². The molecule has 3 heterocycles. The Morgan fingerprint density at radius 1 is 1.08 bits per heavy atom. The van der Waals surface area contributed by atoms with E-state index in [1.165, 1.54) is 33.2 Å². The number of nitrogens with zero attached hydrogens (tertiary/aromatic N) is 1. The Labute approximate surface area is 148 Å². The van der Waals surface area contributed by atoms with Gasteiger partial charge in [0.15, 0.2) is 0 Å². The zero-order valence-electron chi connectivity index (χ0n) is 15.2. The van der Waals surface area contributed by atoms with Crippen LogP contribution in [0, 0.1) is 5.41 Å². The van der Waals surface area contributed by atoms with Gasteiger partial charge in [0.1, 0.15) is 11.7 Å². The minimum absolute atomic E-state index is 0.0185. The van der Waals surface area contributed by atoms with Crippen molar-refractivity contribution in [2.45, 2.75) is 32.5 Å². The first-order valence-electron chi connectivity index (χ1n) is 8.97. The van der Waals surface area contributed by atoms with E-state index in [0.29, 0.717) is 0 Å². The average Bonchev–Trinajstić information content (AvgIpc) is 3.26. The third kappa shape index (κ3) is 1.83. The highest BCUT2D eigenvalue weighted by Gasteiger charge is 2.53. The van der Waals surface area contributed by atoms with Crippen LogP contribution in [0.3, 0.4) is 0 Å². The Hall–Kier alpha value is -2.32. The highest BCUT2D eigenvalue weighted by molar-refractivity contribution is 5.97. The molecule has 2 heteroatoms. The monoisotopic (exact) mass is 329 g/mol. The van der Waals surface area contributed by atoms with Crippen molar-refractivity contribution in [3.63, 3.8) is 0 Å². The molecule has 1 aromatic heterocycles. The van der Waals surface area contributed by atoms with Crippen molar-refractivity contribution in [3.8, 4) is 11.1 Å². The van der Waals surface area contributed by atoms with Crippen molar-refractivity contribution in [2.75, 3.05) is 0 Å². The van der Waals surface area contributed by atoms with Gasteiger partial charge in [0.05, 0.1) is 0 Å². The average molecular weight is 329 g/mol. The molecule has 2 aliphatic heterocycles. The SMILES string of the molecule is Cn1cc(-c2ccccc2)c2cc3c(cc21)C1(C(C)(C)C)C=CC3O1. The van der Waals surface area contributed by atoms with E-state index in [-0.39, 0.29) is 17.1 Å². The molecule has 0 aliphatic carbocycles. The molecule has 0 N–H and O–H groups in total. The fourth-order valence-electron chi connectivity index (χ4n) is 4.50. The summed E-state index contributed by atoms with van der Waals surface area (Å²) in [5.41, 5.74) is 6.19. The third-order valence-corrected chi connectivity index (χ3v) is 5.88. The number of aromatic nitrogens is 1. The van der Waals surface area contributed by atoms with Gasteiger partial charge in [0.25, 0.3) is 0 Å². The van der Waals surface area contributed by atoms with Gasteiger partial charge < -0.3 is 9.30 Å². The summed E-state index contributed by atoms with van der Waals surface area (Å²) >= 11 is 0. The van der Waals surface area contributed by atoms with E-state index in [0.717, 1.165) is 0 Å². The maximum atomic E-state index is 6.50. The van der Waals surface area contributed by atoms with Gasteiger partial charge in [-0.1, -0.05) is 57.2 Å². The Morgan fingerprint density at radius 3 is 2.56 bits per heavy atom. The molecule has 25 heavy (non-hydrogen) atoms. The molecule has 2 aliphatic rings. The van der Waals surface area contributed by atoms with Crippen molar-refractivity contribution in [1.29, 1.82) is 0 Å². The molecule has 3 aromatic rings. The van der Waals surface area contributed by atoms with Crippen LogP contribution in [-0.2, 0) is 17.4 Å². The first-order chi connectivity index (χ1) is 11.9. The molecule has 2 atom stereocenters. The van der Waals surface area contributed by atoms with Crippen molar-refractivity contribution < 1.29 is 4.74 Å². The van der Waals surface area contributed by atoms with Crippen LogP contribution in [0.2, 0.25) is 0 Å². The van der Waals surface area contributed by atoms with Crippen LogP contribution >= 0.6 is 0 Å². The van der Waals surface area contributed by atoms with E-state index >= 15 is 0 Å². The van der Waals surface area contributed by atoms with Crippen molar-refractivity contribution in [2.24, 2.45) is 12.5 Å². The molecule has 0 amide bonds. The smallest absolute Gasteiger partial charge is 0.118 e. The standard InChI is InChI=1S/C23H23NO/c1-22(2,3)23-11-10-21(25-23)17-12-16-18(15-8-6-5-7-9-15)14-24(4)20(16)13-19(17)23/h5-14,21H,1-4H3. The molecule has 2 unspecified atom stereocenters. The molecule has 2 nitrogen and oxygen atoms in total. The molecular formula is C23H23NO. The number of benzene rings is 2. The highest BCUT2D eigenvalue weighted by atomic mass is 16.5. The van der Waals surface area contributed by atoms with Crippen LogP contribution in [0.4, 0.5) is 0 Å². The zero-order valence-corrected chi connectivity index (χ0v) is 15.2. The lowest BCUT2D eigenvalue weighted by Crippen LogP contribution is -2.36. The maximum absolute atomic E-state index is 6.50. The van der Waals surface area contributed by atoms with Crippen LogP contribution in [0.15, 0.2) is 60.8 Å². The lowest BCUT2D eigenvalue weighted by Gasteiger charge is -2.38. The zero-order chi connectivity index (χ0) is 17.4. The van der Waals surface area contributed by atoms with E-state index < -0.39 is 0 Å². The summed E-state index contributed by atoms with van der Waals surface area (Å²) in [6, 6.07) is 15.3. The Kier molecular flexibility index (Phi) is 2.78. The normalized spacial score (nSPS) is 24.2. The number of aryl methyl sites for hydroxylation is 1. The quantitative estimate of drug-likeness (QED) is 0.520. The second-order valence-electron chi connectivity index (χ2n) is 8.36. The minimum Gasteiger partial charge on any atom is -0.354 e. The maximum Gasteiger partial charge on any atom is 0.118 e. The molecule has 0 spiro atoms. The third-order valence-electron chi connectivity index (χ3n) is 5.88. The topological polar surface area (TPSA) is 14.2 Å². The number of hydrogen-bond donors (Lipinski definition) is 0. The first kappa shape index (κ1) is 15.0. The summed E-state index contributed by atoms with van der Waals surface area (Å²) in [7, 11) is 2.13. The van der Waals surface area contributed by atoms with Crippen LogP contribution in [0.1, 0.15) is 38.0 Å². The fraction of sp³-hybridized carbons (Fsp3) is 0.304. The largest absolute Gasteiger partial charge is 0.354 e. The Bertz CT molecular complexity index is 1020. The summed E-state index contributed by atoms with van der Waals surface area (Å²) in [4.78, 5) is 0. The summed E-state index contributed by atoms with van der Waals surface area (Å²) in [5.74, 6) is 0. The van der Waals surface area contributed by atoms with E-state index in [2.05, 4.69) is 93.2 Å². The van der Waals surface area contributed by atoms with Crippen LogP contribution in [0.5, 0.6) is 0 Å². The number of fused-ring (bicyclic) bond motifs is 6. The summed E-state index contributed by atoms with van der Waals surface area (Å²) in [6.45, 7) is 6.79. The fourth-order valence-corrected chi connectivity index (χ4v) is 4.50. The van der Waals surface area contributed by atoms with Crippen LogP contribution < -0.4 is 0 Å². The lowest BCUT2D eigenvalue weighted by molar-refractivity contribution is -0.0752. The van der Waals surface area contributed by atoms with Gasteiger partial charge in [-0.3, -0.25) is 0 Å². The van der Waals surface area contributed by atoms with Crippen LogP contribution in [-0.4, -0.2) is 4.57 Å². The van der Waals surface area contributed by atoms with Crippen molar-refractivity contribution in [3.05, 3.63) is 71.9 Å². The molecular weight excluding hydrogens is 306 g/mol. The highest BCUT2D eigenvalue weighted by Crippen LogP contribution is 2.59. The second kappa shape index (κ2) is 4.64. The van der Waals surface area contributed by atoms with E-state index in [9.17, 15) is 0 Å². The van der Waals surface area contributed by atoms with Gasteiger partial charge in [-0.25, -0.2) is 0 Å². The van der Waals surface area contributed by atoms with E-state index in [1.807, 2.05) is 0 Å². The molecule has 2 bridgehead atoms. The molecule has 0 saturated carbocycles. The Morgan fingerprint density at radius 2 is 1.84 bits per heavy atom. The van der Waals surface area contributed by atoms with Gasteiger partial charge >= 0.3 is 0 Å².